The van der Waals surface area contributed by atoms with Gasteiger partial charge in [-0.2, -0.15) is 0 Å². The highest BCUT2D eigenvalue weighted by Gasteiger charge is 2.25. The number of hydrogen-bond donors (Lipinski definition) is 2. The van der Waals surface area contributed by atoms with E-state index in [1.807, 2.05) is 25.1 Å². The molecule has 0 aliphatic carbocycles. The number of thioether (sulfide) groups is 1. The van der Waals surface area contributed by atoms with Crippen LogP contribution in [0.5, 0.6) is 0 Å². The fraction of sp³-hybridized carbons (Fsp3) is 0.381. The maximum absolute atomic E-state index is 13.0. The Bertz CT molecular complexity index is 1040. The predicted octanol–water partition coefficient (Wildman–Crippen LogP) is 3.35. The summed E-state index contributed by atoms with van der Waals surface area (Å²) in [5, 5.41) is 13.7. The van der Waals surface area contributed by atoms with Gasteiger partial charge in [0.05, 0.1) is 18.7 Å². The van der Waals surface area contributed by atoms with Gasteiger partial charge < -0.3 is 15.8 Å². The van der Waals surface area contributed by atoms with Crippen LogP contribution in [0.15, 0.2) is 40.9 Å². The molecule has 0 saturated carbocycles. The van der Waals surface area contributed by atoms with E-state index in [4.69, 9.17) is 10.5 Å². The number of nitrogens with two attached hydrogens (primary N) is 1. The molecule has 2 heterocycles. The predicted molar refractivity (Wildman–Crippen MR) is 126 cm³/mol. The second-order valence-electron chi connectivity index (χ2n) is 6.83. The van der Waals surface area contributed by atoms with Crippen LogP contribution in [0.1, 0.15) is 37.6 Å². The van der Waals surface area contributed by atoms with Crippen molar-refractivity contribution in [2.24, 2.45) is 0 Å². The van der Waals surface area contributed by atoms with Crippen molar-refractivity contribution in [3.05, 3.63) is 47.0 Å². The van der Waals surface area contributed by atoms with Crippen LogP contribution in [-0.2, 0) is 27.2 Å². The number of amides is 1. The lowest BCUT2D eigenvalue weighted by molar-refractivity contribution is -0.142. The van der Waals surface area contributed by atoms with Gasteiger partial charge in [0, 0.05) is 11.1 Å². The Hall–Kier alpha value is -2.92. The maximum Gasteiger partial charge on any atom is 0.311 e. The number of nitrogen functional groups attached to an aromatic ring is 1. The highest BCUT2D eigenvalue weighted by atomic mass is 32.2. The summed E-state index contributed by atoms with van der Waals surface area (Å²) >= 11 is 2.77. The molecule has 0 radical (unpaired) electrons. The number of ether oxygens (including phenoxy) is 1. The molecule has 0 saturated heterocycles. The van der Waals surface area contributed by atoms with Crippen molar-refractivity contribution in [3.8, 4) is 0 Å². The van der Waals surface area contributed by atoms with Gasteiger partial charge in [0.1, 0.15) is 6.04 Å². The Morgan fingerprint density at radius 1 is 1.25 bits per heavy atom. The average Bonchev–Trinajstić information content (AvgIpc) is 3.36. The van der Waals surface area contributed by atoms with E-state index in [9.17, 15) is 9.59 Å². The minimum atomic E-state index is -0.582. The smallest absolute Gasteiger partial charge is 0.311 e. The standard InChI is InChI=1S/C21H26N6O3S2/c1-3-16(18(29)24-20-23-15(13-32-20)12-17(28)30-4-2)27-19(22)25-26-21(27)31-11-10-14-8-6-5-7-9-14/h5-9,13,16H,3-4,10-12H2,1-2H3,(H2,22,25)(H,23,24,29). The summed E-state index contributed by atoms with van der Waals surface area (Å²) in [6.45, 7) is 3.97. The van der Waals surface area contributed by atoms with Crippen molar-refractivity contribution in [2.75, 3.05) is 23.4 Å². The van der Waals surface area contributed by atoms with Crippen LogP contribution in [0.3, 0.4) is 0 Å². The van der Waals surface area contributed by atoms with Crippen LogP contribution >= 0.6 is 23.1 Å². The number of aromatic nitrogens is 4. The molecule has 1 aromatic carbocycles. The average molecular weight is 475 g/mol. The van der Waals surface area contributed by atoms with E-state index in [-0.39, 0.29) is 24.2 Å². The summed E-state index contributed by atoms with van der Waals surface area (Å²) in [7, 11) is 0. The maximum atomic E-state index is 13.0. The molecule has 3 aromatic rings. The van der Waals surface area contributed by atoms with E-state index in [0.29, 0.717) is 29.0 Å². The molecule has 1 amide bonds. The molecular weight excluding hydrogens is 448 g/mol. The molecule has 3 N–H and O–H groups in total. The molecule has 0 bridgehead atoms. The first-order valence-electron chi connectivity index (χ1n) is 10.3. The number of thiazole rings is 1. The van der Waals surface area contributed by atoms with E-state index >= 15 is 0 Å². The van der Waals surface area contributed by atoms with E-state index in [0.717, 1.165) is 12.2 Å². The van der Waals surface area contributed by atoms with Gasteiger partial charge in [-0.25, -0.2) is 4.98 Å². The third-order valence-corrected chi connectivity index (χ3v) is 6.32. The fourth-order valence-corrected chi connectivity index (χ4v) is 4.76. The van der Waals surface area contributed by atoms with Gasteiger partial charge in [-0.3, -0.25) is 14.2 Å². The monoisotopic (exact) mass is 474 g/mol. The van der Waals surface area contributed by atoms with Crippen molar-refractivity contribution in [2.45, 2.75) is 44.3 Å². The third-order valence-electron chi connectivity index (χ3n) is 4.57. The summed E-state index contributed by atoms with van der Waals surface area (Å²) in [6.07, 6.45) is 1.43. The zero-order valence-corrected chi connectivity index (χ0v) is 19.6. The van der Waals surface area contributed by atoms with Crippen molar-refractivity contribution in [1.82, 2.24) is 19.7 Å². The van der Waals surface area contributed by atoms with Crippen LogP contribution in [0.25, 0.3) is 0 Å². The number of nitrogens with one attached hydrogen (secondary N) is 1. The molecular formula is C21H26N6O3S2. The quantitative estimate of drug-likeness (QED) is 0.320. The van der Waals surface area contributed by atoms with E-state index < -0.39 is 6.04 Å². The van der Waals surface area contributed by atoms with Gasteiger partial charge >= 0.3 is 5.97 Å². The van der Waals surface area contributed by atoms with E-state index in [1.165, 1.54) is 28.7 Å². The summed E-state index contributed by atoms with van der Waals surface area (Å²) in [5.74, 6) is 0.359. The summed E-state index contributed by atoms with van der Waals surface area (Å²) in [4.78, 5) is 28.9. The van der Waals surface area contributed by atoms with Gasteiger partial charge in [0.2, 0.25) is 11.9 Å². The Morgan fingerprint density at radius 2 is 2.03 bits per heavy atom. The Morgan fingerprint density at radius 3 is 2.75 bits per heavy atom. The lowest BCUT2D eigenvalue weighted by Gasteiger charge is -2.18. The van der Waals surface area contributed by atoms with Crippen LogP contribution < -0.4 is 11.1 Å². The normalized spacial score (nSPS) is 11.8. The first-order chi connectivity index (χ1) is 15.5. The van der Waals surface area contributed by atoms with Gasteiger partial charge in [-0.05, 0) is 25.3 Å². The number of benzene rings is 1. The number of anilines is 2. The first-order valence-corrected chi connectivity index (χ1v) is 12.2. The van der Waals surface area contributed by atoms with Crippen molar-refractivity contribution >= 4 is 46.1 Å². The summed E-state index contributed by atoms with van der Waals surface area (Å²) in [5.41, 5.74) is 7.83. The number of carbonyl (C=O) groups excluding carboxylic acids is 2. The molecule has 0 aliphatic rings. The van der Waals surface area contributed by atoms with E-state index in [2.05, 4.69) is 32.6 Å². The number of nitrogens with zero attached hydrogens (tertiary/aromatic N) is 4. The van der Waals surface area contributed by atoms with Gasteiger partial charge in [-0.15, -0.1) is 21.5 Å². The molecule has 11 heteroatoms. The van der Waals surface area contributed by atoms with Crippen LogP contribution in [0, 0.1) is 0 Å². The number of aryl methyl sites for hydroxylation is 1. The second-order valence-corrected chi connectivity index (χ2v) is 8.75. The third kappa shape index (κ3) is 6.30. The summed E-state index contributed by atoms with van der Waals surface area (Å²) in [6, 6.07) is 9.57. The molecule has 0 spiro atoms. The SMILES string of the molecule is CCOC(=O)Cc1csc(NC(=O)C(CC)n2c(N)nnc2SCCc2ccccc2)n1. The zero-order valence-electron chi connectivity index (χ0n) is 18.0. The van der Waals surface area contributed by atoms with Crippen LogP contribution in [0.2, 0.25) is 0 Å². The van der Waals surface area contributed by atoms with Gasteiger partial charge in [0.25, 0.3) is 0 Å². The number of rotatable bonds is 11. The molecule has 0 aliphatic heterocycles. The Kier molecular flexibility index (Phi) is 8.63. The number of carbonyl (C=O) groups is 2. The van der Waals surface area contributed by atoms with E-state index in [1.54, 1.807) is 16.9 Å². The van der Waals surface area contributed by atoms with Crippen molar-refractivity contribution in [1.29, 1.82) is 0 Å². The van der Waals surface area contributed by atoms with Gasteiger partial charge in [-0.1, -0.05) is 49.0 Å². The number of esters is 1. The first kappa shape index (κ1) is 23.7. The molecule has 0 fully saturated rings. The van der Waals surface area contributed by atoms with Crippen molar-refractivity contribution < 1.29 is 14.3 Å². The van der Waals surface area contributed by atoms with Crippen LogP contribution in [-0.4, -0.2) is 44.0 Å². The second kappa shape index (κ2) is 11.6. The van der Waals surface area contributed by atoms with Gasteiger partial charge in [0.15, 0.2) is 10.3 Å². The van der Waals surface area contributed by atoms with Crippen LogP contribution in [0.4, 0.5) is 11.1 Å². The largest absolute Gasteiger partial charge is 0.466 e. The fourth-order valence-electron chi connectivity index (χ4n) is 3.06. The minimum Gasteiger partial charge on any atom is -0.466 e. The topological polar surface area (TPSA) is 125 Å². The molecule has 3 rings (SSSR count). The molecule has 1 atom stereocenters. The lowest BCUT2D eigenvalue weighted by Crippen LogP contribution is -2.27. The molecule has 1 unspecified atom stereocenters. The highest BCUT2D eigenvalue weighted by molar-refractivity contribution is 7.99. The summed E-state index contributed by atoms with van der Waals surface area (Å²) < 4.78 is 6.60. The Balaban J connectivity index is 1.64. The molecule has 9 nitrogen and oxygen atoms in total. The minimum absolute atomic E-state index is 0.0675. The number of hydrogen-bond acceptors (Lipinski definition) is 9. The molecule has 2 aromatic heterocycles. The molecule has 170 valence electrons. The highest BCUT2D eigenvalue weighted by Crippen LogP contribution is 2.27. The van der Waals surface area contributed by atoms with Crippen molar-refractivity contribution in [3.63, 3.8) is 0 Å². The zero-order chi connectivity index (χ0) is 22.9. The lowest BCUT2D eigenvalue weighted by atomic mass is 10.2. The Labute approximate surface area is 194 Å². The molecule has 32 heavy (non-hydrogen) atoms.